The molecule has 3 heteroatoms. The number of aryl methyl sites for hydroxylation is 2. The van der Waals surface area contributed by atoms with Crippen LogP contribution in [0.4, 0.5) is 0 Å². The number of rotatable bonds is 2. The number of Topliss-reactive ketones (excluding diaryl/α,β-unsaturated/α-hetero) is 1. The number of ketones is 1. The molecule has 0 atom stereocenters. The monoisotopic (exact) mass is 197 g/mol. The van der Waals surface area contributed by atoms with Gasteiger partial charge in [0.25, 0.3) is 0 Å². The fourth-order valence-electron chi connectivity index (χ4n) is 1.19. The van der Waals surface area contributed by atoms with Crippen molar-refractivity contribution < 1.29 is 4.79 Å². The Labute approximate surface area is 82.7 Å². The maximum atomic E-state index is 11.3. The van der Waals surface area contributed by atoms with E-state index in [1.54, 1.807) is 12.1 Å². The number of carbonyl (C=O) groups excluding carboxylic acids is 1. The van der Waals surface area contributed by atoms with E-state index in [0.717, 1.165) is 11.1 Å². The van der Waals surface area contributed by atoms with E-state index in [9.17, 15) is 4.79 Å². The zero-order chi connectivity index (χ0) is 10.0. The smallest absolute Gasteiger partial charge is 0.176 e. The van der Waals surface area contributed by atoms with E-state index in [2.05, 4.69) is 0 Å². The minimum absolute atomic E-state index is 0.0436. The van der Waals surface area contributed by atoms with Crippen LogP contribution in [0.3, 0.4) is 0 Å². The molecule has 0 unspecified atom stereocenters. The Hall–Kier alpha value is -0.860. The molecule has 2 nitrogen and oxygen atoms in total. The van der Waals surface area contributed by atoms with Crippen molar-refractivity contribution >= 4 is 17.4 Å². The van der Waals surface area contributed by atoms with E-state index in [1.807, 2.05) is 13.8 Å². The molecule has 0 fully saturated rings. The summed E-state index contributed by atoms with van der Waals surface area (Å²) in [4.78, 5) is 11.3. The van der Waals surface area contributed by atoms with Crippen LogP contribution in [-0.4, -0.2) is 12.3 Å². The Balaban J connectivity index is 3.23. The normalized spacial score (nSPS) is 10.2. The zero-order valence-electron chi connectivity index (χ0n) is 7.73. The highest BCUT2D eigenvalue weighted by Gasteiger charge is 2.08. The standard InChI is InChI=1S/C10H12ClNO/c1-6-4-9(11)7(2)3-8(6)10(13)5-12/h3-4H,5,12H2,1-2H3. The van der Waals surface area contributed by atoms with E-state index in [0.29, 0.717) is 10.6 Å². The summed E-state index contributed by atoms with van der Waals surface area (Å²) < 4.78 is 0. The van der Waals surface area contributed by atoms with E-state index < -0.39 is 0 Å². The molecule has 13 heavy (non-hydrogen) atoms. The van der Waals surface area contributed by atoms with Crippen molar-refractivity contribution in [1.82, 2.24) is 0 Å². The van der Waals surface area contributed by atoms with E-state index in [1.165, 1.54) is 0 Å². The lowest BCUT2D eigenvalue weighted by Crippen LogP contribution is -2.14. The molecule has 0 aliphatic carbocycles. The molecule has 0 aromatic heterocycles. The van der Waals surface area contributed by atoms with Crippen LogP contribution in [0, 0.1) is 13.8 Å². The summed E-state index contributed by atoms with van der Waals surface area (Å²) in [6.45, 7) is 3.77. The van der Waals surface area contributed by atoms with Crippen molar-refractivity contribution in [3.63, 3.8) is 0 Å². The SMILES string of the molecule is Cc1cc(C(=O)CN)c(C)cc1Cl. The van der Waals surface area contributed by atoms with Gasteiger partial charge >= 0.3 is 0 Å². The lowest BCUT2D eigenvalue weighted by Gasteiger charge is -2.06. The molecule has 0 saturated heterocycles. The summed E-state index contributed by atoms with van der Waals surface area (Å²) in [5.41, 5.74) is 7.74. The van der Waals surface area contributed by atoms with Gasteiger partial charge in [-0.15, -0.1) is 0 Å². The van der Waals surface area contributed by atoms with Crippen LogP contribution in [0.25, 0.3) is 0 Å². The minimum Gasteiger partial charge on any atom is -0.324 e. The minimum atomic E-state index is -0.0442. The van der Waals surface area contributed by atoms with Crippen molar-refractivity contribution in [2.75, 3.05) is 6.54 Å². The first-order valence-electron chi connectivity index (χ1n) is 4.06. The van der Waals surface area contributed by atoms with Gasteiger partial charge in [-0.2, -0.15) is 0 Å². The molecule has 1 aromatic rings. The van der Waals surface area contributed by atoms with Crippen molar-refractivity contribution in [2.45, 2.75) is 13.8 Å². The predicted octanol–water partition coefficient (Wildman–Crippen LogP) is 2.10. The highest BCUT2D eigenvalue weighted by Crippen LogP contribution is 2.20. The van der Waals surface area contributed by atoms with Crippen LogP contribution in [-0.2, 0) is 0 Å². The first-order chi connectivity index (χ1) is 6.06. The lowest BCUT2D eigenvalue weighted by atomic mass is 10.0. The van der Waals surface area contributed by atoms with Gasteiger partial charge in [0.1, 0.15) is 0 Å². The van der Waals surface area contributed by atoms with Crippen molar-refractivity contribution in [2.24, 2.45) is 5.73 Å². The molecule has 1 aromatic carbocycles. The molecule has 0 radical (unpaired) electrons. The van der Waals surface area contributed by atoms with Gasteiger partial charge in [0.15, 0.2) is 5.78 Å². The quantitative estimate of drug-likeness (QED) is 0.738. The van der Waals surface area contributed by atoms with Gasteiger partial charge in [-0.25, -0.2) is 0 Å². The number of hydrogen-bond donors (Lipinski definition) is 1. The van der Waals surface area contributed by atoms with E-state index in [4.69, 9.17) is 17.3 Å². The van der Waals surface area contributed by atoms with Gasteiger partial charge < -0.3 is 5.73 Å². The Morgan fingerprint density at radius 3 is 2.54 bits per heavy atom. The maximum Gasteiger partial charge on any atom is 0.176 e. The molecule has 0 heterocycles. The summed E-state index contributed by atoms with van der Waals surface area (Å²) in [5.74, 6) is -0.0442. The predicted molar refractivity (Wildman–Crippen MR) is 54.3 cm³/mol. The Bertz CT molecular complexity index is 347. The van der Waals surface area contributed by atoms with Crippen LogP contribution in [0.15, 0.2) is 12.1 Å². The third-order valence-electron chi connectivity index (χ3n) is 1.99. The average molecular weight is 198 g/mol. The van der Waals surface area contributed by atoms with Crippen molar-refractivity contribution in [1.29, 1.82) is 0 Å². The molecule has 0 aliphatic rings. The average Bonchev–Trinajstić information content (AvgIpc) is 2.10. The molecule has 1 rings (SSSR count). The van der Waals surface area contributed by atoms with Gasteiger partial charge in [-0.05, 0) is 37.1 Å². The van der Waals surface area contributed by atoms with Gasteiger partial charge in [-0.3, -0.25) is 4.79 Å². The Morgan fingerprint density at radius 1 is 1.38 bits per heavy atom. The number of nitrogens with two attached hydrogens (primary N) is 1. The largest absolute Gasteiger partial charge is 0.324 e. The van der Waals surface area contributed by atoms with Crippen LogP contribution >= 0.6 is 11.6 Å². The van der Waals surface area contributed by atoms with Crippen LogP contribution in [0.1, 0.15) is 21.5 Å². The summed E-state index contributed by atoms with van der Waals surface area (Å²) in [7, 11) is 0. The summed E-state index contributed by atoms with van der Waals surface area (Å²) >= 11 is 5.89. The number of hydrogen-bond acceptors (Lipinski definition) is 2. The summed E-state index contributed by atoms with van der Waals surface area (Å²) in [6.07, 6.45) is 0. The number of benzene rings is 1. The Morgan fingerprint density at radius 2 is 2.00 bits per heavy atom. The third kappa shape index (κ3) is 2.08. The first kappa shape index (κ1) is 10.2. The van der Waals surface area contributed by atoms with Crippen LogP contribution in [0.5, 0.6) is 0 Å². The highest BCUT2D eigenvalue weighted by molar-refractivity contribution is 6.31. The molecule has 2 N–H and O–H groups in total. The van der Waals surface area contributed by atoms with Gasteiger partial charge in [0, 0.05) is 10.6 Å². The molecular weight excluding hydrogens is 186 g/mol. The molecule has 0 aliphatic heterocycles. The first-order valence-corrected chi connectivity index (χ1v) is 4.44. The van der Waals surface area contributed by atoms with E-state index in [-0.39, 0.29) is 12.3 Å². The molecule has 0 bridgehead atoms. The molecule has 0 saturated carbocycles. The van der Waals surface area contributed by atoms with Gasteiger partial charge in [0.2, 0.25) is 0 Å². The maximum absolute atomic E-state index is 11.3. The fourth-order valence-corrected chi connectivity index (χ4v) is 1.41. The lowest BCUT2D eigenvalue weighted by molar-refractivity contribution is 0.100. The van der Waals surface area contributed by atoms with Crippen molar-refractivity contribution in [3.8, 4) is 0 Å². The molecular formula is C10H12ClNO. The second kappa shape index (κ2) is 3.90. The third-order valence-corrected chi connectivity index (χ3v) is 2.40. The van der Waals surface area contributed by atoms with Crippen LogP contribution < -0.4 is 5.73 Å². The van der Waals surface area contributed by atoms with Crippen molar-refractivity contribution in [3.05, 3.63) is 33.8 Å². The second-order valence-corrected chi connectivity index (χ2v) is 3.45. The topological polar surface area (TPSA) is 43.1 Å². The zero-order valence-corrected chi connectivity index (χ0v) is 8.48. The summed E-state index contributed by atoms with van der Waals surface area (Å²) in [6, 6.07) is 3.58. The highest BCUT2D eigenvalue weighted by atomic mass is 35.5. The van der Waals surface area contributed by atoms with E-state index >= 15 is 0 Å². The fraction of sp³-hybridized carbons (Fsp3) is 0.300. The second-order valence-electron chi connectivity index (χ2n) is 3.04. The van der Waals surface area contributed by atoms with Crippen LogP contribution in [0.2, 0.25) is 5.02 Å². The summed E-state index contributed by atoms with van der Waals surface area (Å²) in [5, 5.41) is 0.686. The molecule has 70 valence electrons. The molecule has 0 amide bonds. The van der Waals surface area contributed by atoms with Gasteiger partial charge in [-0.1, -0.05) is 11.6 Å². The van der Waals surface area contributed by atoms with Gasteiger partial charge in [0.05, 0.1) is 6.54 Å². The Kier molecular flexibility index (Phi) is 3.07. The number of carbonyl (C=O) groups is 1. The number of halogens is 1. The molecule has 0 spiro atoms.